The van der Waals surface area contributed by atoms with E-state index in [1.807, 2.05) is 37.3 Å². The number of aryl methyl sites for hydroxylation is 1. The largest absolute Gasteiger partial charge is 0.494 e. The molecule has 1 saturated heterocycles. The van der Waals surface area contributed by atoms with E-state index in [0.29, 0.717) is 45.8 Å². The van der Waals surface area contributed by atoms with Crippen LogP contribution in [-0.2, 0) is 0 Å². The Morgan fingerprint density at radius 2 is 2.03 bits per heavy atom. The van der Waals surface area contributed by atoms with Gasteiger partial charge in [-0.25, -0.2) is 4.98 Å². The normalized spacial score (nSPS) is 15.5. The van der Waals surface area contributed by atoms with E-state index in [-0.39, 0.29) is 11.9 Å². The first kappa shape index (κ1) is 20.2. The number of likely N-dealkylation sites (tertiary alicyclic amines) is 1. The number of H-pyrrole nitrogens is 1. The molecule has 1 aliphatic heterocycles. The summed E-state index contributed by atoms with van der Waals surface area (Å²) in [6.07, 6.45) is 3.95. The molecular formula is C22H20ClN7O2. The molecule has 1 atom stereocenters. The number of carbonyl (C=O) groups excluding carboxylic acids is 1. The Hall–Kier alpha value is -3.72. The molecule has 1 fully saturated rings. The van der Waals surface area contributed by atoms with E-state index in [1.54, 1.807) is 30.5 Å². The quantitative estimate of drug-likeness (QED) is 0.499. The number of benzene rings is 2. The number of hydrogen-bond donors (Lipinski definition) is 1. The summed E-state index contributed by atoms with van der Waals surface area (Å²) in [6.45, 7) is 2.58. The van der Waals surface area contributed by atoms with Gasteiger partial charge in [-0.2, -0.15) is 20.1 Å². The SMILES string of the molecule is COc1c(Cl)cccc1-c1n[nH]c(C2CCN2C(=O)c2cc(C)ccc2-n2nccn2)n1. The van der Waals surface area contributed by atoms with Crippen molar-refractivity contribution in [2.45, 2.75) is 19.4 Å². The molecule has 0 aliphatic carbocycles. The third-order valence-electron chi connectivity index (χ3n) is 5.53. The van der Waals surface area contributed by atoms with E-state index < -0.39 is 0 Å². The van der Waals surface area contributed by atoms with Gasteiger partial charge in [-0.1, -0.05) is 29.3 Å². The molecule has 0 bridgehead atoms. The van der Waals surface area contributed by atoms with Crippen molar-refractivity contribution in [2.24, 2.45) is 0 Å². The lowest BCUT2D eigenvalue weighted by Gasteiger charge is -2.39. The van der Waals surface area contributed by atoms with Gasteiger partial charge >= 0.3 is 0 Å². The van der Waals surface area contributed by atoms with Crippen LogP contribution in [0.25, 0.3) is 17.1 Å². The summed E-state index contributed by atoms with van der Waals surface area (Å²) in [5.74, 6) is 1.50. The first-order valence-corrected chi connectivity index (χ1v) is 10.5. The van der Waals surface area contributed by atoms with E-state index >= 15 is 0 Å². The first-order valence-electron chi connectivity index (χ1n) is 10.1. The third-order valence-corrected chi connectivity index (χ3v) is 5.83. The van der Waals surface area contributed by atoms with Crippen molar-refractivity contribution < 1.29 is 9.53 Å². The minimum absolute atomic E-state index is 0.101. The number of amides is 1. The predicted molar refractivity (Wildman–Crippen MR) is 118 cm³/mol. The second kappa shape index (κ2) is 8.08. The average Bonchev–Trinajstić information content (AvgIpc) is 3.45. The van der Waals surface area contributed by atoms with Crippen LogP contribution in [0.1, 0.15) is 34.2 Å². The van der Waals surface area contributed by atoms with E-state index in [1.165, 1.54) is 4.80 Å². The van der Waals surface area contributed by atoms with Crippen LogP contribution in [0, 0.1) is 6.92 Å². The van der Waals surface area contributed by atoms with E-state index in [4.69, 9.17) is 16.3 Å². The fourth-order valence-corrected chi connectivity index (χ4v) is 4.09. The summed E-state index contributed by atoms with van der Waals surface area (Å²) in [6, 6.07) is 10.9. The minimum atomic E-state index is -0.201. The summed E-state index contributed by atoms with van der Waals surface area (Å²) in [5.41, 5.74) is 2.85. The van der Waals surface area contributed by atoms with Crippen molar-refractivity contribution in [3.63, 3.8) is 0 Å². The number of halogens is 1. The van der Waals surface area contributed by atoms with Gasteiger partial charge < -0.3 is 9.64 Å². The highest BCUT2D eigenvalue weighted by Crippen LogP contribution is 2.37. The molecule has 162 valence electrons. The number of hydrogen-bond acceptors (Lipinski definition) is 6. The molecule has 5 rings (SSSR count). The van der Waals surface area contributed by atoms with Crippen LogP contribution < -0.4 is 4.74 Å². The summed E-state index contributed by atoms with van der Waals surface area (Å²) < 4.78 is 5.41. The Morgan fingerprint density at radius 1 is 1.22 bits per heavy atom. The lowest BCUT2D eigenvalue weighted by atomic mass is 9.99. The molecule has 1 N–H and O–H groups in total. The van der Waals surface area contributed by atoms with Crippen molar-refractivity contribution in [3.8, 4) is 22.8 Å². The third kappa shape index (κ3) is 3.40. The number of ether oxygens (including phenoxy) is 1. The summed E-state index contributed by atoms with van der Waals surface area (Å²) in [5, 5.41) is 16.2. The molecule has 1 unspecified atom stereocenters. The van der Waals surface area contributed by atoms with E-state index in [0.717, 1.165) is 12.0 Å². The van der Waals surface area contributed by atoms with Crippen LogP contribution in [0.2, 0.25) is 5.02 Å². The van der Waals surface area contributed by atoms with Crippen molar-refractivity contribution in [1.82, 2.24) is 35.1 Å². The smallest absolute Gasteiger partial charge is 0.256 e. The van der Waals surface area contributed by atoms with Crippen LogP contribution in [0.4, 0.5) is 0 Å². The number of methoxy groups -OCH3 is 1. The molecule has 32 heavy (non-hydrogen) atoms. The van der Waals surface area contributed by atoms with E-state index in [9.17, 15) is 4.79 Å². The van der Waals surface area contributed by atoms with Gasteiger partial charge in [0, 0.05) is 6.54 Å². The molecule has 3 heterocycles. The number of carbonyl (C=O) groups is 1. The van der Waals surface area contributed by atoms with Gasteiger partial charge in [0.05, 0.1) is 47.4 Å². The molecule has 1 amide bonds. The summed E-state index contributed by atoms with van der Waals surface area (Å²) in [7, 11) is 1.55. The molecule has 0 spiro atoms. The van der Waals surface area contributed by atoms with Gasteiger partial charge in [0.25, 0.3) is 5.91 Å². The second-order valence-corrected chi connectivity index (χ2v) is 7.91. The molecule has 10 heteroatoms. The number of nitrogens with zero attached hydrogens (tertiary/aromatic N) is 6. The Morgan fingerprint density at radius 3 is 2.75 bits per heavy atom. The van der Waals surface area contributed by atoms with Gasteiger partial charge in [-0.3, -0.25) is 9.89 Å². The highest BCUT2D eigenvalue weighted by molar-refractivity contribution is 6.32. The fourth-order valence-electron chi connectivity index (χ4n) is 3.84. The Kier molecular flexibility index (Phi) is 5.10. The topological polar surface area (TPSA) is 102 Å². The molecule has 4 aromatic rings. The maximum absolute atomic E-state index is 13.5. The van der Waals surface area contributed by atoms with Crippen molar-refractivity contribution >= 4 is 17.5 Å². The predicted octanol–water partition coefficient (Wildman–Crippen LogP) is 3.61. The maximum Gasteiger partial charge on any atom is 0.256 e. The van der Waals surface area contributed by atoms with Crippen LogP contribution in [0.3, 0.4) is 0 Å². The number of aromatic nitrogens is 6. The van der Waals surface area contributed by atoms with Crippen LogP contribution >= 0.6 is 11.6 Å². The van der Waals surface area contributed by atoms with Crippen LogP contribution in [-0.4, -0.2) is 54.6 Å². The standard InChI is InChI=1S/C22H20ClN7O2/c1-13-6-7-17(30-24-9-10-25-30)15(12-13)22(31)29-11-8-18(29)21-26-20(27-28-21)14-4-3-5-16(23)19(14)32-2/h3-7,9-10,12,18H,8,11H2,1-2H3,(H,26,27,28). The lowest BCUT2D eigenvalue weighted by molar-refractivity contribution is 0.0441. The zero-order valence-corrected chi connectivity index (χ0v) is 18.2. The maximum atomic E-state index is 13.5. The highest BCUT2D eigenvalue weighted by Gasteiger charge is 2.37. The average molecular weight is 450 g/mol. The zero-order chi connectivity index (χ0) is 22.2. The Bertz CT molecular complexity index is 1290. The monoisotopic (exact) mass is 449 g/mol. The zero-order valence-electron chi connectivity index (χ0n) is 17.5. The number of rotatable bonds is 5. The van der Waals surface area contributed by atoms with Gasteiger partial charge in [-0.15, -0.1) is 0 Å². The number of nitrogens with one attached hydrogen (secondary N) is 1. The Balaban J connectivity index is 1.44. The van der Waals surface area contributed by atoms with Crippen molar-refractivity contribution in [3.05, 3.63) is 70.8 Å². The van der Waals surface area contributed by atoms with Crippen LogP contribution in [0.15, 0.2) is 48.8 Å². The molecule has 2 aromatic carbocycles. The Labute approximate surface area is 189 Å². The number of para-hydroxylation sites is 1. The van der Waals surface area contributed by atoms with Gasteiger partial charge in [0.1, 0.15) is 11.6 Å². The van der Waals surface area contributed by atoms with Crippen molar-refractivity contribution in [1.29, 1.82) is 0 Å². The minimum Gasteiger partial charge on any atom is -0.494 e. The fraction of sp³-hybridized carbons (Fsp3) is 0.227. The molecular weight excluding hydrogens is 430 g/mol. The van der Waals surface area contributed by atoms with Crippen LogP contribution in [0.5, 0.6) is 5.75 Å². The van der Waals surface area contributed by atoms with Crippen molar-refractivity contribution in [2.75, 3.05) is 13.7 Å². The van der Waals surface area contributed by atoms with Gasteiger partial charge in [0.15, 0.2) is 5.82 Å². The van der Waals surface area contributed by atoms with Gasteiger partial charge in [0.2, 0.25) is 0 Å². The molecule has 0 radical (unpaired) electrons. The summed E-state index contributed by atoms with van der Waals surface area (Å²) >= 11 is 6.23. The summed E-state index contributed by atoms with van der Waals surface area (Å²) in [4.78, 5) is 21.3. The molecule has 9 nitrogen and oxygen atoms in total. The molecule has 2 aromatic heterocycles. The highest BCUT2D eigenvalue weighted by atomic mass is 35.5. The van der Waals surface area contributed by atoms with Gasteiger partial charge in [-0.05, 0) is 37.6 Å². The second-order valence-electron chi connectivity index (χ2n) is 7.51. The molecule has 1 aliphatic rings. The molecule has 0 saturated carbocycles. The van der Waals surface area contributed by atoms with E-state index in [2.05, 4.69) is 25.4 Å². The first-order chi connectivity index (χ1) is 15.6. The lowest BCUT2D eigenvalue weighted by Crippen LogP contribution is -2.46. The number of aromatic amines is 1.